The molecule has 1 heterocycles. The molecule has 0 radical (unpaired) electrons. The Labute approximate surface area is 150 Å². The van der Waals surface area contributed by atoms with Gasteiger partial charge in [-0.15, -0.1) is 0 Å². The van der Waals surface area contributed by atoms with Gasteiger partial charge in [-0.1, -0.05) is 51.1 Å². The van der Waals surface area contributed by atoms with Crippen LogP contribution in [0.5, 0.6) is 0 Å². The fraction of sp³-hybridized carbons (Fsp3) is 0.579. The van der Waals surface area contributed by atoms with Crippen LogP contribution in [0.3, 0.4) is 0 Å². The maximum absolute atomic E-state index is 12.8. The molecule has 2 amide bonds. The van der Waals surface area contributed by atoms with Crippen LogP contribution in [0.1, 0.15) is 26.3 Å². The minimum absolute atomic E-state index is 0.000907. The van der Waals surface area contributed by atoms with Gasteiger partial charge in [0.1, 0.15) is 12.6 Å². The van der Waals surface area contributed by atoms with Crippen molar-refractivity contribution in [1.29, 1.82) is 0 Å². The predicted molar refractivity (Wildman–Crippen MR) is 97.1 cm³/mol. The third kappa shape index (κ3) is 5.74. The first kappa shape index (κ1) is 19.2. The monoisotopic (exact) mass is 347 g/mol. The molecule has 1 aromatic carbocycles. The molecule has 1 saturated heterocycles. The molecule has 1 N–H and O–H groups in total. The lowest BCUT2D eigenvalue weighted by atomic mass is 10.0. The Kier molecular flexibility index (Phi) is 7.25. The normalized spacial score (nSPS) is 16.6. The lowest BCUT2D eigenvalue weighted by Gasteiger charge is -2.36. The summed E-state index contributed by atoms with van der Waals surface area (Å²) in [5.74, 6) is -0.0246. The summed E-state index contributed by atoms with van der Waals surface area (Å²) in [6.45, 7) is 10.4. The lowest BCUT2D eigenvalue weighted by Crippen LogP contribution is -2.56. The topological polar surface area (TPSA) is 61.9 Å². The predicted octanol–water partition coefficient (Wildman–Crippen LogP) is 2.10. The van der Waals surface area contributed by atoms with Crippen molar-refractivity contribution in [2.24, 2.45) is 5.92 Å². The highest BCUT2D eigenvalue weighted by Gasteiger charge is 2.30. The summed E-state index contributed by atoms with van der Waals surface area (Å²) in [5.41, 5.74) is 0.917. The summed E-state index contributed by atoms with van der Waals surface area (Å²) in [5, 5.41) is 2.74. The third-order valence-electron chi connectivity index (χ3n) is 4.55. The molecule has 0 spiro atoms. The number of carbonyl (C=O) groups excluding carboxylic acids is 2. The van der Waals surface area contributed by atoms with E-state index in [-0.39, 0.29) is 18.4 Å². The molecule has 1 aliphatic heterocycles. The summed E-state index contributed by atoms with van der Waals surface area (Å²) < 4.78 is 5.25. The van der Waals surface area contributed by atoms with E-state index in [2.05, 4.69) is 17.1 Å². The second kappa shape index (κ2) is 9.42. The van der Waals surface area contributed by atoms with Crippen LogP contribution < -0.4 is 5.32 Å². The van der Waals surface area contributed by atoms with Crippen LogP contribution in [0.2, 0.25) is 0 Å². The summed E-state index contributed by atoms with van der Waals surface area (Å²) in [7, 11) is 0. The molecule has 6 nitrogen and oxygen atoms in total. The first-order valence-electron chi connectivity index (χ1n) is 8.99. The van der Waals surface area contributed by atoms with Gasteiger partial charge in [0, 0.05) is 26.2 Å². The van der Waals surface area contributed by atoms with E-state index < -0.39 is 12.1 Å². The van der Waals surface area contributed by atoms with Crippen LogP contribution in [-0.2, 0) is 16.1 Å². The molecule has 1 atom stereocenters. The van der Waals surface area contributed by atoms with Gasteiger partial charge >= 0.3 is 6.09 Å². The summed E-state index contributed by atoms with van der Waals surface area (Å²) in [6.07, 6.45) is -0.553. The number of piperazine rings is 1. The zero-order valence-electron chi connectivity index (χ0n) is 15.4. The molecule has 1 aromatic rings. The first-order chi connectivity index (χ1) is 12.0. The zero-order chi connectivity index (χ0) is 18.2. The summed E-state index contributed by atoms with van der Waals surface area (Å²) in [6, 6.07) is 8.93. The summed E-state index contributed by atoms with van der Waals surface area (Å²) >= 11 is 0. The van der Waals surface area contributed by atoms with Crippen molar-refractivity contribution in [2.75, 3.05) is 32.7 Å². The highest BCUT2D eigenvalue weighted by molar-refractivity contribution is 5.86. The first-order valence-corrected chi connectivity index (χ1v) is 8.99. The molecular formula is C19H29N3O3. The Morgan fingerprint density at radius 3 is 2.32 bits per heavy atom. The Morgan fingerprint density at radius 2 is 1.76 bits per heavy atom. The van der Waals surface area contributed by atoms with E-state index in [4.69, 9.17) is 4.74 Å². The molecule has 0 aliphatic carbocycles. The van der Waals surface area contributed by atoms with Gasteiger partial charge < -0.3 is 19.9 Å². The van der Waals surface area contributed by atoms with Crippen molar-refractivity contribution in [3.63, 3.8) is 0 Å². The van der Waals surface area contributed by atoms with E-state index in [0.717, 1.165) is 25.2 Å². The van der Waals surface area contributed by atoms with Gasteiger partial charge in [0.25, 0.3) is 0 Å². The fourth-order valence-electron chi connectivity index (χ4n) is 2.89. The largest absolute Gasteiger partial charge is 0.445 e. The molecule has 0 saturated carbocycles. The van der Waals surface area contributed by atoms with Gasteiger partial charge in [-0.05, 0) is 18.0 Å². The van der Waals surface area contributed by atoms with Crippen molar-refractivity contribution in [3.8, 4) is 0 Å². The average Bonchev–Trinajstić information content (AvgIpc) is 2.64. The number of rotatable bonds is 6. The lowest BCUT2D eigenvalue weighted by molar-refractivity contribution is -0.136. The Hall–Kier alpha value is -2.08. The zero-order valence-corrected chi connectivity index (χ0v) is 15.4. The fourth-order valence-corrected chi connectivity index (χ4v) is 2.89. The Morgan fingerprint density at radius 1 is 1.12 bits per heavy atom. The second-order valence-corrected chi connectivity index (χ2v) is 6.69. The van der Waals surface area contributed by atoms with Crippen LogP contribution >= 0.6 is 0 Å². The highest BCUT2D eigenvalue weighted by atomic mass is 16.5. The van der Waals surface area contributed by atoms with Crippen molar-refractivity contribution in [3.05, 3.63) is 35.9 Å². The molecule has 25 heavy (non-hydrogen) atoms. The van der Waals surface area contributed by atoms with Crippen LogP contribution in [0, 0.1) is 5.92 Å². The van der Waals surface area contributed by atoms with Crippen LogP contribution in [-0.4, -0.2) is 60.6 Å². The van der Waals surface area contributed by atoms with Gasteiger partial charge in [-0.2, -0.15) is 0 Å². The van der Waals surface area contributed by atoms with Crippen LogP contribution in [0.25, 0.3) is 0 Å². The molecule has 0 aromatic heterocycles. The number of alkyl carbamates (subject to hydrolysis) is 1. The minimum atomic E-state index is -0.559. The minimum Gasteiger partial charge on any atom is -0.445 e. The van der Waals surface area contributed by atoms with Crippen LogP contribution in [0.4, 0.5) is 4.79 Å². The Balaban J connectivity index is 1.87. The Bertz CT molecular complexity index is 554. The van der Waals surface area contributed by atoms with E-state index in [1.807, 2.05) is 49.1 Å². The number of likely N-dealkylation sites (N-methyl/N-ethyl adjacent to an activating group) is 1. The number of nitrogens with zero attached hydrogens (tertiary/aromatic N) is 2. The maximum Gasteiger partial charge on any atom is 0.408 e. The van der Waals surface area contributed by atoms with Crippen molar-refractivity contribution < 1.29 is 14.3 Å². The molecule has 0 bridgehead atoms. The van der Waals surface area contributed by atoms with Gasteiger partial charge in [0.15, 0.2) is 0 Å². The van der Waals surface area contributed by atoms with Gasteiger partial charge in [-0.3, -0.25) is 4.79 Å². The SMILES string of the molecule is CCN1CCN(C(=O)C(NC(=O)OCc2ccccc2)C(C)C)CC1. The number of nitrogens with one attached hydrogen (secondary N) is 1. The van der Waals surface area contributed by atoms with E-state index in [1.165, 1.54) is 0 Å². The standard InChI is InChI=1S/C19H29N3O3/c1-4-21-10-12-22(13-11-21)18(23)17(15(2)3)20-19(24)25-14-16-8-6-5-7-9-16/h5-9,15,17H,4,10-14H2,1-3H3,(H,20,24). The van der Waals surface area contributed by atoms with Gasteiger partial charge in [0.2, 0.25) is 5.91 Å². The third-order valence-corrected chi connectivity index (χ3v) is 4.55. The van der Waals surface area contributed by atoms with Gasteiger partial charge in [0.05, 0.1) is 0 Å². The molecular weight excluding hydrogens is 318 g/mol. The number of hydrogen-bond acceptors (Lipinski definition) is 4. The second-order valence-electron chi connectivity index (χ2n) is 6.69. The van der Waals surface area contributed by atoms with E-state index in [0.29, 0.717) is 13.1 Å². The molecule has 2 rings (SSSR count). The number of amides is 2. The number of carbonyl (C=O) groups is 2. The number of hydrogen-bond donors (Lipinski definition) is 1. The molecule has 1 aliphatic rings. The number of benzene rings is 1. The van der Waals surface area contributed by atoms with E-state index in [9.17, 15) is 9.59 Å². The average molecular weight is 347 g/mol. The van der Waals surface area contributed by atoms with E-state index >= 15 is 0 Å². The number of ether oxygens (including phenoxy) is 1. The molecule has 6 heteroatoms. The van der Waals surface area contributed by atoms with Crippen molar-refractivity contribution >= 4 is 12.0 Å². The maximum atomic E-state index is 12.8. The highest BCUT2D eigenvalue weighted by Crippen LogP contribution is 2.10. The smallest absolute Gasteiger partial charge is 0.408 e. The van der Waals surface area contributed by atoms with Gasteiger partial charge in [-0.25, -0.2) is 4.79 Å². The van der Waals surface area contributed by atoms with E-state index in [1.54, 1.807) is 0 Å². The molecule has 138 valence electrons. The molecule has 1 unspecified atom stereocenters. The van der Waals surface area contributed by atoms with Crippen molar-refractivity contribution in [1.82, 2.24) is 15.1 Å². The summed E-state index contributed by atoms with van der Waals surface area (Å²) in [4.78, 5) is 29.0. The molecule has 1 fully saturated rings. The quantitative estimate of drug-likeness (QED) is 0.856. The van der Waals surface area contributed by atoms with Crippen LogP contribution in [0.15, 0.2) is 30.3 Å². The van der Waals surface area contributed by atoms with Crippen molar-refractivity contribution in [2.45, 2.75) is 33.4 Å².